The first-order chi connectivity index (χ1) is 13.7. The Morgan fingerprint density at radius 2 is 1.86 bits per heavy atom. The molecule has 0 saturated carbocycles. The molecule has 1 aliphatic heterocycles. The smallest absolute Gasteiger partial charge is 0.259 e. The SMILES string of the molecule is Cc1cccnc1N(C(=O)c1ccc(-c2ccccn2)cc1)C1CCCNC1. The van der Waals surface area contributed by atoms with Crippen LogP contribution in [0.25, 0.3) is 11.3 Å². The molecule has 1 aliphatic rings. The molecule has 3 aromatic rings. The Morgan fingerprint density at radius 1 is 1.04 bits per heavy atom. The van der Waals surface area contributed by atoms with Gasteiger partial charge in [-0.2, -0.15) is 0 Å². The van der Waals surface area contributed by atoms with E-state index in [2.05, 4.69) is 15.3 Å². The van der Waals surface area contributed by atoms with Crippen molar-refractivity contribution >= 4 is 11.7 Å². The fraction of sp³-hybridized carbons (Fsp3) is 0.261. The lowest BCUT2D eigenvalue weighted by atomic mass is 10.0. The summed E-state index contributed by atoms with van der Waals surface area (Å²) in [6.07, 6.45) is 5.55. The van der Waals surface area contributed by atoms with Crippen LogP contribution in [0.2, 0.25) is 0 Å². The van der Waals surface area contributed by atoms with Crippen molar-refractivity contribution in [3.05, 3.63) is 78.1 Å². The number of pyridine rings is 2. The van der Waals surface area contributed by atoms with Gasteiger partial charge in [-0.15, -0.1) is 0 Å². The normalized spacial score (nSPS) is 16.5. The summed E-state index contributed by atoms with van der Waals surface area (Å²) in [6, 6.07) is 17.5. The molecule has 0 spiro atoms. The molecule has 0 aliphatic carbocycles. The van der Waals surface area contributed by atoms with E-state index in [0.717, 1.165) is 48.6 Å². The maximum atomic E-state index is 13.5. The molecule has 3 heterocycles. The van der Waals surface area contributed by atoms with Gasteiger partial charge in [-0.3, -0.25) is 14.7 Å². The zero-order valence-electron chi connectivity index (χ0n) is 16.0. The van der Waals surface area contributed by atoms with Gasteiger partial charge in [0.2, 0.25) is 0 Å². The van der Waals surface area contributed by atoms with E-state index in [4.69, 9.17) is 0 Å². The van der Waals surface area contributed by atoms with Crippen LogP contribution in [0.3, 0.4) is 0 Å². The molecule has 0 bridgehead atoms. The number of aryl methyl sites for hydroxylation is 1. The fourth-order valence-corrected chi connectivity index (χ4v) is 3.67. The Balaban J connectivity index is 1.66. The third-order valence-electron chi connectivity index (χ3n) is 5.16. The Kier molecular flexibility index (Phi) is 5.44. The summed E-state index contributed by atoms with van der Waals surface area (Å²) < 4.78 is 0. The van der Waals surface area contributed by atoms with Crippen molar-refractivity contribution in [2.75, 3.05) is 18.0 Å². The number of carbonyl (C=O) groups is 1. The molecular formula is C23H24N4O. The van der Waals surface area contributed by atoms with Gasteiger partial charge in [0.25, 0.3) is 5.91 Å². The molecular weight excluding hydrogens is 348 g/mol. The van der Waals surface area contributed by atoms with E-state index in [-0.39, 0.29) is 11.9 Å². The van der Waals surface area contributed by atoms with Crippen LogP contribution in [0.5, 0.6) is 0 Å². The Bertz CT molecular complexity index is 934. The number of nitrogens with one attached hydrogen (secondary N) is 1. The molecule has 1 unspecified atom stereocenters. The number of anilines is 1. The number of hydrogen-bond acceptors (Lipinski definition) is 4. The van der Waals surface area contributed by atoms with Crippen molar-refractivity contribution in [2.45, 2.75) is 25.8 Å². The highest BCUT2D eigenvalue weighted by Crippen LogP contribution is 2.25. The molecule has 1 fully saturated rings. The summed E-state index contributed by atoms with van der Waals surface area (Å²) in [4.78, 5) is 24.3. The first-order valence-corrected chi connectivity index (χ1v) is 9.71. The average molecular weight is 372 g/mol. The van der Waals surface area contributed by atoms with Gasteiger partial charge in [-0.05, 0) is 62.2 Å². The van der Waals surface area contributed by atoms with Gasteiger partial charge in [0.05, 0.1) is 11.7 Å². The van der Waals surface area contributed by atoms with E-state index in [1.807, 2.05) is 66.4 Å². The van der Waals surface area contributed by atoms with Crippen LogP contribution in [0.1, 0.15) is 28.8 Å². The first kappa shape index (κ1) is 18.3. The van der Waals surface area contributed by atoms with Crippen LogP contribution in [-0.2, 0) is 0 Å². The number of rotatable bonds is 4. The summed E-state index contributed by atoms with van der Waals surface area (Å²) in [6.45, 7) is 3.79. The molecule has 0 radical (unpaired) electrons. The predicted molar refractivity (Wildman–Crippen MR) is 111 cm³/mol. The number of piperidine rings is 1. The maximum absolute atomic E-state index is 13.5. The monoisotopic (exact) mass is 372 g/mol. The number of aromatic nitrogens is 2. The van der Waals surface area contributed by atoms with Gasteiger partial charge in [0.15, 0.2) is 0 Å². The summed E-state index contributed by atoms with van der Waals surface area (Å²) in [5.74, 6) is 0.734. The Hall–Kier alpha value is -3.05. The molecule has 1 atom stereocenters. The minimum atomic E-state index is -0.0110. The van der Waals surface area contributed by atoms with E-state index >= 15 is 0 Å². The lowest BCUT2D eigenvalue weighted by Crippen LogP contribution is -2.49. The summed E-state index contributed by atoms with van der Waals surface area (Å²) in [5.41, 5.74) is 3.56. The molecule has 5 nitrogen and oxygen atoms in total. The molecule has 4 rings (SSSR count). The van der Waals surface area contributed by atoms with Crippen molar-refractivity contribution in [1.82, 2.24) is 15.3 Å². The van der Waals surface area contributed by atoms with Crippen molar-refractivity contribution < 1.29 is 4.79 Å². The summed E-state index contributed by atoms with van der Waals surface area (Å²) >= 11 is 0. The predicted octanol–water partition coefficient (Wildman–Crippen LogP) is 3.85. The lowest BCUT2D eigenvalue weighted by molar-refractivity contribution is 0.0971. The van der Waals surface area contributed by atoms with Gasteiger partial charge in [0, 0.05) is 30.1 Å². The van der Waals surface area contributed by atoms with Gasteiger partial charge >= 0.3 is 0 Å². The van der Waals surface area contributed by atoms with Crippen LogP contribution < -0.4 is 10.2 Å². The highest BCUT2D eigenvalue weighted by atomic mass is 16.2. The third kappa shape index (κ3) is 3.80. The van der Waals surface area contributed by atoms with Gasteiger partial charge in [-0.1, -0.05) is 24.3 Å². The average Bonchev–Trinajstić information content (AvgIpc) is 2.77. The first-order valence-electron chi connectivity index (χ1n) is 9.71. The minimum Gasteiger partial charge on any atom is -0.315 e. The summed E-state index contributed by atoms with van der Waals surface area (Å²) in [5, 5.41) is 3.41. The summed E-state index contributed by atoms with van der Waals surface area (Å²) in [7, 11) is 0. The third-order valence-corrected chi connectivity index (χ3v) is 5.16. The van der Waals surface area contributed by atoms with Crippen LogP contribution in [0.4, 0.5) is 5.82 Å². The standard InChI is InChI=1S/C23H24N4O/c1-17-6-4-15-26-22(17)27(20-7-5-13-24-16-20)23(28)19-11-9-18(10-12-19)21-8-2-3-14-25-21/h2-4,6,8-12,14-15,20,24H,5,7,13,16H2,1H3. The second-order valence-corrected chi connectivity index (χ2v) is 7.11. The highest BCUT2D eigenvalue weighted by Gasteiger charge is 2.29. The van der Waals surface area contributed by atoms with Crippen molar-refractivity contribution in [1.29, 1.82) is 0 Å². The minimum absolute atomic E-state index is 0.0110. The van der Waals surface area contributed by atoms with Crippen molar-refractivity contribution in [2.24, 2.45) is 0 Å². The Labute approximate surface area is 165 Å². The second kappa shape index (κ2) is 8.31. The molecule has 28 heavy (non-hydrogen) atoms. The zero-order valence-corrected chi connectivity index (χ0v) is 16.0. The zero-order chi connectivity index (χ0) is 19.3. The quantitative estimate of drug-likeness (QED) is 0.756. The molecule has 142 valence electrons. The largest absolute Gasteiger partial charge is 0.315 e. The topological polar surface area (TPSA) is 58.1 Å². The highest BCUT2D eigenvalue weighted by molar-refractivity contribution is 6.06. The van der Waals surface area contributed by atoms with Crippen LogP contribution in [0, 0.1) is 6.92 Å². The second-order valence-electron chi connectivity index (χ2n) is 7.11. The molecule has 1 aromatic carbocycles. The lowest BCUT2D eigenvalue weighted by Gasteiger charge is -2.34. The number of amides is 1. The molecule has 2 aromatic heterocycles. The fourth-order valence-electron chi connectivity index (χ4n) is 3.67. The molecule has 5 heteroatoms. The van der Waals surface area contributed by atoms with E-state index in [9.17, 15) is 4.79 Å². The van der Waals surface area contributed by atoms with Crippen LogP contribution in [-0.4, -0.2) is 35.0 Å². The molecule has 1 amide bonds. The Morgan fingerprint density at radius 3 is 2.54 bits per heavy atom. The van der Waals surface area contributed by atoms with Crippen molar-refractivity contribution in [3.8, 4) is 11.3 Å². The van der Waals surface area contributed by atoms with E-state index in [0.29, 0.717) is 5.56 Å². The van der Waals surface area contributed by atoms with Crippen molar-refractivity contribution in [3.63, 3.8) is 0 Å². The number of carbonyl (C=O) groups excluding carboxylic acids is 1. The van der Waals surface area contributed by atoms with E-state index < -0.39 is 0 Å². The van der Waals surface area contributed by atoms with Crippen LogP contribution in [0.15, 0.2) is 67.0 Å². The molecule has 1 N–H and O–H groups in total. The molecule has 1 saturated heterocycles. The van der Waals surface area contributed by atoms with Crippen LogP contribution >= 0.6 is 0 Å². The number of benzene rings is 1. The maximum Gasteiger partial charge on any atom is 0.259 e. The number of hydrogen-bond donors (Lipinski definition) is 1. The van der Waals surface area contributed by atoms with Gasteiger partial charge in [-0.25, -0.2) is 4.98 Å². The number of nitrogens with zero attached hydrogens (tertiary/aromatic N) is 3. The van der Waals surface area contributed by atoms with Gasteiger partial charge in [0.1, 0.15) is 5.82 Å². The van der Waals surface area contributed by atoms with Gasteiger partial charge < -0.3 is 5.32 Å². The van der Waals surface area contributed by atoms with E-state index in [1.54, 1.807) is 12.4 Å². The van der Waals surface area contributed by atoms with E-state index in [1.165, 1.54) is 0 Å².